The third kappa shape index (κ3) is 4.11. The Morgan fingerprint density at radius 1 is 1.25 bits per heavy atom. The quantitative estimate of drug-likeness (QED) is 0.563. The number of nitro benzene ring substituents is 1. The van der Waals surface area contributed by atoms with E-state index in [1.807, 2.05) is 44.2 Å². The number of carbonyl (C=O) groups is 1. The molecule has 0 radical (unpaired) electrons. The lowest BCUT2D eigenvalue weighted by molar-refractivity contribution is -0.384. The summed E-state index contributed by atoms with van der Waals surface area (Å²) in [7, 11) is 0. The van der Waals surface area contributed by atoms with Gasteiger partial charge in [-0.3, -0.25) is 14.9 Å². The molecule has 0 heterocycles. The molecule has 0 bridgehead atoms. The van der Waals surface area contributed by atoms with E-state index in [-0.39, 0.29) is 28.2 Å². The van der Waals surface area contributed by atoms with Crippen molar-refractivity contribution in [3.8, 4) is 0 Å². The minimum atomic E-state index is -0.530. The van der Waals surface area contributed by atoms with E-state index >= 15 is 0 Å². The molecule has 0 aliphatic rings. The van der Waals surface area contributed by atoms with E-state index in [1.165, 1.54) is 18.2 Å². The van der Waals surface area contributed by atoms with Crippen molar-refractivity contribution in [2.75, 3.05) is 0 Å². The second-order valence-corrected chi connectivity index (χ2v) is 6.00. The minimum absolute atomic E-state index is 0.0203. The molecule has 0 aliphatic carbocycles. The van der Waals surface area contributed by atoms with Crippen LogP contribution in [-0.4, -0.2) is 21.8 Å². The van der Waals surface area contributed by atoms with Crippen LogP contribution < -0.4 is 0 Å². The zero-order valence-corrected chi connectivity index (χ0v) is 14.4. The predicted octanol–water partition coefficient (Wildman–Crippen LogP) is 4.69. The largest absolute Gasteiger partial charge is 0.332 e. The molecule has 1 atom stereocenters. The first-order valence-electron chi connectivity index (χ1n) is 7.72. The fourth-order valence-corrected chi connectivity index (χ4v) is 2.57. The number of hydrogen-bond donors (Lipinski definition) is 0. The number of non-ortho nitro benzene ring substituents is 1. The molecule has 24 heavy (non-hydrogen) atoms. The van der Waals surface area contributed by atoms with Gasteiger partial charge in [-0.25, -0.2) is 0 Å². The number of nitrogens with zero attached hydrogens (tertiary/aromatic N) is 2. The summed E-state index contributed by atoms with van der Waals surface area (Å²) >= 11 is 6.12. The Hall–Kier alpha value is -2.40. The zero-order valence-electron chi connectivity index (χ0n) is 13.6. The molecule has 0 spiro atoms. The first-order valence-corrected chi connectivity index (χ1v) is 8.10. The highest BCUT2D eigenvalue weighted by molar-refractivity contribution is 6.33. The summed E-state index contributed by atoms with van der Waals surface area (Å²) in [4.78, 5) is 25.1. The summed E-state index contributed by atoms with van der Waals surface area (Å²) in [5.41, 5.74) is 1.00. The summed E-state index contributed by atoms with van der Waals surface area (Å²) < 4.78 is 0. The van der Waals surface area contributed by atoms with Crippen LogP contribution in [0.15, 0.2) is 48.5 Å². The van der Waals surface area contributed by atoms with Gasteiger partial charge in [0.05, 0.1) is 15.5 Å². The Bertz CT molecular complexity index is 734. The van der Waals surface area contributed by atoms with Crippen LogP contribution in [0.1, 0.15) is 36.2 Å². The summed E-state index contributed by atoms with van der Waals surface area (Å²) in [6.07, 6.45) is 0.769. The molecule has 6 heteroatoms. The summed E-state index contributed by atoms with van der Waals surface area (Å²) in [6, 6.07) is 13.5. The summed E-state index contributed by atoms with van der Waals surface area (Å²) in [5, 5.41) is 11.2. The Balaban J connectivity index is 2.37. The van der Waals surface area contributed by atoms with Gasteiger partial charge in [0.1, 0.15) is 0 Å². The van der Waals surface area contributed by atoms with Gasteiger partial charge in [-0.15, -0.1) is 0 Å². The fraction of sp³-hybridized carbons (Fsp3) is 0.278. The van der Waals surface area contributed by atoms with Gasteiger partial charge in [0.2, 0.25) is 0 Å². The molecule has 1 amide bonds. The highest BCUT2D eigenvalue weighted by Crippen LogP contribution is 2.25. The van der Waals surface area contributed by atoms with Gasteiger partial charge in [0, 0.05) is 24.7 Å². The molecule has 0 saturated carbocycles. The van der Waals surface area contributed by atoms with Crippen molar-refractivity contribution in [3.05, 3.63) is 74.8 Å². The van der Waals surface area contributed by atoms with Crippen LogP contribution in [0.2, 0.25) is 5.02 Å². The Kier molecular flexibility index (Phi) is 5.93. The van der Waals surface area contributed by atoms with E-state index in [0.29, 0.717) is 6.54 Å². The first-order chi connectivity index (χ1) is 11.4. The number of hydrogen-bond acceptors (Lipinski definition) is 3. The van der Waals surface area contributed by atoms with Gasteiger partial charge in [0.25, 0.3) is 11.6 Å². The van der Waals surface area contributed by atoms with E-state index in [4.69, 9.17) is 11.6 Å². The molecule has 5 nitrogen and oxygen atoms in total. The molecular weight excluding hydrogens is 328 g/mol. The molecular formula is C18H19ClN2O3. The number of benzene rings is 2. The zero-order chi connectivity index (χ0) is 17.7. The number of carbonyl (C=O) groups excluding carboxylic acids is 1. The second-order valence-electron chi connectivity index (χ2n) is 5.60. The number of amides is 1. The predicted molar refractivity (Wildman–Crippen MR) is 94.2 cm³/mol. The maximum atomic E-state index is 13.0. The van der Waals surface area contributed by atoms with Crippen LogP contribution in [0, 0.1) is 10.1 Å². The minimum Gasteiger partial charge on any atom is -0.332 e. The van der Waals surface area contributed by atoms with E-state index in [2.05, 4.69) is 0 Å². The average molecular weight is 347 g/mol. The van der Waals surface area contributed by atoms with Crippen molar-refractivity contribution in [2.45, 2.75) is 32.9 Å². The smallest absolute Gasteiger partial charge is 0.270 e. The molecule has 126 valence electrons. The Labute approximate surface area is 146 Å². The molecule has 2 aromatic carbocycles. The Morgan fingerprint density at radius 3 is 2.50 bits per heavy atom. The molecule has 1 unspecified atom stereocenters. The molecule has 0 N–H and O–H groups in total. The topological polar surface area (TPSA) is 63.5 Å². The number of rotatable bonds is 6. The molecule has 2 aromatic rings. The van der Waals surface area contributed by atoms with Gasteiger partial charge in [-0.1, -0.05) is 48.9 Å². The lowest BCUT2D eigenvalue weighted by Crippen LogP contribution is -2.38. The lowest BCUT2D eigenvalue weighted by Gasteiger charge is -2.29. The molecule has 2 rings (SSSR count). The highest BCUT2D eigenvalue weighted by atomic mass is 35.5. The van der Waals surface area contributed by atoms with Crippen molar-refractivity contribution < 1.29 is 9.72 Å². The van der Waals surface area contributed by atoms with Crippen molar-refractivity contribution >= 4 is 23.2 Å². The third-order valence-electron chi connectivity index (χ3n) is 3.97. The molecule has 0 saturated heterocycles. The first kappa shape index (κ1) is 17.9. The van der Waals surface area contributed by atoms with Crippen molar-refractivity contribution in [1.29, 1.82) is 0 Å². The molecule has 0 fully saturated rings. The lowest BCUT2D eigenvalue weighted by atomic mass is 10.1. The SMILES string of the molecule is CCC(C)N(Cc1ccccc1)C(=O)c1cc([N+](=O)[O-])ccc1Cl. The van der Waals surface area contributed by atoms with Crippen LogP contribution >= 0.6 is 11.6 Å². The number of halogens is 1. The monoisotopic (exact) mass is 346 g/mol. The molecule has 0 aliphatic heterocycles. The summed E-state index contributed by atoms with van der Waals surface area (Å²) in [5.74, 6) is -0.304. The third-order valence-corrected chi connectivity index (χ3v) is 4.30. The average Bonchev–Trinajstić information content (AvgIpc) is 2.59. The standard InChI is InChI=1S/C18H19ClN2O3/c1-3-13(2)20(12-14-7-5-4-6-8-14)18(22)16-11-15(21(23)24)9-10-17(16)19/h4-11,13H,3,12H2,1-2H3. The van der Waals surface area contributed by atoms with Crippen LogP contribution in [-0.2, 0) is 6.54 Å². The van der Waals surface area contributed by atoms with E-state index in [9.17, 15) is 14.9 Å². The normalized spacial score (nSPS) is 11.8. The van der Waals surface area contributed by atoms with Crippen LogP contribution in [0.25, 0.3) is 0 Å². The van der Waals surface area contributed by atoms with Crippen molar-refractivity contribution in [2.24, 2.45) is 0 Å². The summed E-state index contributed by atoms with van der Waals surface area (Å²) in [6.45, 7) is 4.37. The number of nitro groups is 1. The van der Waals surface area contributed by atoms with Gasteiger partial charge in [-0.2, -0.15) is 0 Å². The maximum absolute atomic E-state index is 13.0. The van der Waals surface area contributed by atoms with Gasteiger partial charge >= 0.3 is 0 Å². The van der Waals surface area contributed by atoms with E-state index < -0.39 is 4.92 Å². The highest BCUT2D eigenvalue weighted by Gasteiger charge is 2.24. The van der Waals surface area contributed by atoms with Crippen LogP contribution in [0.4, 0.5) is 5.69 Å². The maximum Gasteiger partial charge on any atom is 0.270 e. The van der Waals surface area contributed by atoms with Crippen LogP contribution in [0.3, 0.4) is 0 Å². The van der Waals surface area contributed by atoms with Crippen molar-refractivity contribution in [1.82, 2.24) is 4.90 Å². The van der Waals surface area contributed by atoms with Gasteiger partial charge < -0.3 is 4.90 Å². The Morgan fingerprint density at radius 2 is 1.92 bits per heavy atom. The van der Waals surface area contributed by atoms with Crippen molar-refractivity contribution in [3.63, 3.8) is 0 Å². The van der Waals surface area contributed by atoms with Crippen LogP contribution in [0.5, 0.6) is 0 Å². The fourth-order valence-electron chi connectivity index (χ4n) is 2.37. The van der Waals surface area contributed by atoms with Gasteiger partial charge in [0.15, 0.2) is 0 Å². The second kappa shape index (κ2) is 7.93. The van der Waals surface area contributed by atoms with E-state index in [0.717, 1.165) is 12.0 Å². The van der Waals surface area contributed by atoms with Gasteiger partial charge in [-0.05, 0) is 25.0 Å². The van der Waals surface area contributed by atoms with E-state index in [1.54, 1.807) is 4.90 Å². The molecule has 0 aromatic heterocycles.